The molecule has 0 unspecified atom stereocenters. The van der Waals surface area contributed by atoms with E-state index < -0.39 is 34.3 Å². The van der Waals surface area contributed by atoms with Crippen molar-refractivity contribution in [3.63, 3.8) is 0 Å². The van der Waals surface area contributed by atoms with Crippen molar-refractivity contribution < 1.29 is 22.4 Å². The van der Waals surface area contributed by atoms with E-state index in [4.69, 9.17) is 0 Å². The third-order valence-electron chi connectivity index (χ3n) is 6.10. The van der Waals surface area contributed by atoms with Crippen molar-refractivity contribution in [3.05, 3.63) is 95.8 Å². The normalized spacial score (nSPS) is 12.0. The van der Waals surface area contributed by atoms with Crippen molar-refractivity contribution >= 4 is 27.5 Å². The average molecular weight is 540 g/mol. The zero-order chi connectivity index (χ0) is 27.7. The van der Waals surface area contributed by atoms with Crippen LogP contribution >= 0.6 is 0 Å². The van der Waals surface area contributed by atoms with Gasteiger partial charge in [-0.1, -0.05) is 61.9 Å². The van der Waals surface area contributed by atoms with Crippen LogP contribution in [0.5, 0.6) is 0 Å². The summed E-state index contributed by atoms with van der Waals surface area (Å²) in [4.78, 5) is 28.4. The molecule has 0 saturated heterocycles. The zero-order valence-electron chi connectivity index (χ0n) is 21.9. The summed E-state index contributed by atoms with van der Waals surface area (Å²) in [6.07, 6.45) is 1.08. The van der Waals surface area contributed by atoms with Gasteiger partial charge < -0.3 is 10.2 Å². The minimum absolute atomic E-state index is 0.00455. The molecule has 0 fully saturated rings. The summed E-state index contributed by atoms with van der Waals surface area (Å²) in [5.41, 5.74) is 1.96. The minimum atomic E-state index is -4.18. The maximum atomic E-state index is 13.9. The number of carbonyl (C=O) groups excluding carboxylic acids is 2. The second-order valence-electron chi connectivity index (χ2n) is 9.03. The van der Waals surface area contributed by atoms with E-state index in [9.17, 15) is 22.4 Å². The van der Waals surface area contributed by atoms with Crippen molar-refractivity contribution in [2.24, 2.45) is 0 Å². The largest absolute Gasteiger partial charge is 0.354 e. The number of sulfonamides is 1. The SMILES string of the molecule is CCCNC(=O)[C@@H](CC)N(Cc1cccc(C)c1)C(=O)CN(c1ccc(F)cc1)S(=O)(=O)c1ccccc1. The summed E-state index contributed by atoms with van der Waals surface area (Å²) in [7, 11) is -4.18. The van der Waals surface area contributed by atoms with Crippen LogP contribution in [-0.2, 0) is 26.2 Å². The summed E-state index contributed by atoms with van der Waals surface area (Å²) in [6.45, 7) is 5.71. The highest BCUT2D eigenvalue weighted by molar-refractivity contribution is 7.92. The van der Waals surface area contributed by atoms with Crippen molar-refractivity contribution in [3.8, 4) is 0 Å². The standard InChI is InChI=1S/C29H34FN3O4S/c1-4-18-31-29(35)27(5-2)32(20-23-11-9-10-22(3)19-23)28(34)21-33(25-16-14-24(30)15-17-25)38(36,37)26-12-7-6-8-13-26/h6-17,19,27H,4-5,18,20-21H2,1-3H3,(H,31,35)/t27-/m1/s1. The monoisotopic (exact) mass is 539 g/mol. The number of nitrogens with zero attached hydrogens (tertiary/aromatic N) is 2. The number of hydrogen-bond donors (Lipinski definition) is 1. The van der Waals surface area contributed by atoms with E-state index in [-0.39, 0.29) is 23.0 Å². The molecule has 38 heavy (non-hydrogen) atoms. The second kappa shape index (κ2) is 13.2. The first-order valence-corrected chi connectivity index (χ1v) is 14.1. The number of rotatable bonds is 12. The summed E-state index contributed by atoms with van der Waals surface area (Å²) < 4.78 is 42.0. The molecule has 0 aliphatic heterocycles. The third kappa shape index (κ3) is 7.19. The van der Waals surface area contributed by atoms with Crippen molar-refractivity contribution in [2.45, 2.75) is 51.1 Å². The molecular formula is C29H34FN3O4S. The lowest BCUT2D eigenvalue weighted by atomic mass is 10.1. The molecule has 9 heteroatoms. The number of hydrogen-bond acceptors (Lipinski definition) is 4. The van der Waals surface area contributed by atoms with Gasteiger partial charge in [0.15, 0.2) is 0 Å². The summed E-state index contributed by atoms with van der Waals surface area (Å²) in [6, 6.07) is 19.5. The van der Waals surface area contributed by atoms with Gasteiger partial charge in [0.2, 0.25) is 11.8 Å². The topological polar surface area (TPSA) is 86.8 Å². The molecule has 0 heterocycles. The summed E-state index contributed by atoms with van der Waals surface area (Å²) >= 11 is 0. The van der Waals surface area contributed by atoms with Gasteiger partial charge in [-0.3, -0.25) is 13.9 Å². The predicted molar refractivity (Wildman–Crippen MR) is 146 cm³/mol. The lowest BCUT2D eigenvalue weighted by molar-refractivity contribution is -0.140. The molecule has 0 saturated carbocycles. The van der Waals surface area contributed by atoms with Crippen molar-refractivity contribution in [1.29, 1.82) is 0 Å². The van der Waals surface area contributed by atoms with E-state index in [1.807, 2.05) is 45.0 Å². The molecule has 0 aliphatic carbocycles. The molecule has 0 aliphatic rings. The molecule has 0 radical (unpaired) electrons. The molecule has 3 aromatic carbocycles. The van der Waals surface area contributed by atoms with Crippen LogP contribution in [-0.4, -0.2) is 44.3 Å². The van der Waals surface area contributed by atoms with Crippen molar-refractivity contribution in [1.82, 2.24) is 10.2 Å². The predicted octanol–water partition coefficient (Wildman–Crippen LogP) is 4.66. The Labute approximate surface area is 224 Å². The molecule has 7 nitrogen and oxygen atoms in total. The molecule has 0 bridgehead atoms. The zero-order valence-corrected chi connectivity index (χ0v) is 22.7. The van der Waals surface area contributed by atoms with E-state index in [2.05, 4.69) is 5.32 Å². The fourth-order valence-corrected chi connectivity index (χ4v) is 5.58. The smallest absolute Gasteiger partial charge is 0.264 e. The molecule has 0 aromatic heterocycles. The molecule has 3 aromatic rings. The Balaban J connectivity index is 2.03. The third-order valence-corrected chi connectivity index (χ3v) is 7.88. The Morgan fingerprint density at radius 3 is 2.24 bits per heavy atom. The number of carbonyl (C=O) groups is 2. The Morgan fingerprint density at radius 2 is 1.63 bits per heavy atom. The van der Waals surface area contributed by atoms with Crippen LogP contribution in [0.25, 0.3) is 0 Å². The molecule has 3 rings (SSSR count). The van der Waals surface area contributed by atoms with E-state index in [0.717, 1.165) is 34.0 Å². The lowest BCUT2D eigenvalue weighted by Gasteiger charge is -2.33. The molecular weight excluding hydrogens is 505 g/mol. The lowest BCUT2D eigenvalue weighted by Crippen LogP contribution is -2.52. The summed E-state index contributed by atoms with van der Waals surface area (Å²) in [5.74, 6) is -1.37. The Kier molecular flexibility index (Phi) is 10.0. The van der Waals surface area contributed by atoms with E-state index in [1.165, 1.54) is 29.2 Å². The Morgan fingerprint density at radius 1 is 0.947 bits per heavy atom. The number of aryl methyl sites for hydroxylation is 1. The molecule has 202 valence electrons. The molecule has 1 N–H and O–H groups in total. The fourth-order valence-electron chi connectivity index (χ4n) is 4.15. The Hall–Kier alpha value is -3.72. The minimum Gasteiger partial charge on any atom is -0.354 e. The van der Waals surface area contributed by atoms with Crippen LogP contribution in [0.15, 0.2) is 83.8 Å². The van der Waals surface area contributed by atoms with Gasteiger partial charge in [-0.15, -0.1) is 0 Å². The van der Waals surface area contributed by atoms with Crippen LogP contribution in [0.4, 0.5) is 10.1 Å². The van der Waals surface area contributed by atoms with Gasteiger partial charge in [-0.2, -0.15) is 0 Å². The highest BCUT2D eigenvalue weighted by Crippen LogP contribution is 2.25. The van der Waals surface area contributed by atoms with Gasteiger partial charge in [0, 0.05) is 13.1 Å². The van der Waals surface area contributed by atoms with Crippen LogP contribution in [0.1, 0.15) is 37.8 Å². The van der Waals surface area contributed by atoms with Crippen LogP contribution in [0.2, 0.25) is 0 Å². The van der Waals surface area contributed by atoms with Gasteiger partial charge in [0.05, 0.1) is 10.6 Å². The second-order valence-corrected chi connectivity index (χ2v) is 10.9. The van der Waals surface area contributed by atoms with E-state index in [1.54, 1.807) is 18.2 Å². The average Bonchev–Trinajstić information content (AvgIpc) is 2.91. The summed E-state index contributed by atoms with van der Waals surface area (Å²) in [5, 5.41) is 2.86. The number of anilines is 1. The van der Waals surface area contributed by atoms with E-state index in [0.29, 0.717) is 13.0 Å². The first-order chi connectivity index (χ1) is 18.2. The number of amides is 2. The van der Waals surface area contributed by atoms with Crippen LogP contribution < -0.4 is 9.62 Å². The maximum Gasteiger partial charge on any atom is 0.264 e. The first kappa shape index (κ1) is 28.8. The quantitative estimate of drug-likeness (QED) is 0.363. The highest BCUT2D eigenvalue weighted by Gasteiger charge is 2.33. The van der Waals surface area contributed by atoms with Crippen LogP contribution in [0.3, 0.4) is 0 Å². The molecule has 1 atom stereocenters. The number of halogens is 1. The van der Waals surface area contributed by atoms with E-state index >= 15 is 0 Å². The van der Waals surface area contributed by atoms with Crippen LogP contribution in [0, 0.1) is 12.7 Å². The van der Waals surface area contributed by atoms with Crippen molar-refractivity contribution in [2.75, 3.05) is 17.4 Å². The number of nitrogens with one attached hydrogen (secondary N) is 1. The maximum absolute atomic E-state index is 13.9. The molecule has 2 amide bonds. The van der Waals surface area contributed by atoms with Gasteiger partial charge in [0.1, 0.15) is 18.4 Å². The molecule has 0 spiro atoms. The van der Waals surface area contributed by atoms with Gasteiger partial charge in [-0.05, 0) is 61.7 Å². The fraction of sp³-hybridized carbons (Fsp3) is 0.310. The Bertz CT molecular complexity index is 1330. The number of benzene rings is 3. The van der Waals surface area contributed by atoms with Gasteiger partial charge >= 0.3 is 0 Å². The van der Waals surface area contributed by atoms with Gasteiger partial charge in [-0.25, -0.2) is 12.8 Å². The first-order valence-electron chi connectivity index (χ1n) is 12.6. The highest BCUT2D eigenvalue weighted by atomic mass is 32.2. The van der Waals surface area contributed by atoms with Gasteiger partial charge in [0.25, 0.3) is 10.0 Å².